The van der Waals surface area contributed by atoms with Gasteiger partial charge in [-0.15, -0.1) is 0 Å². The van der Waals surface area contributed by atoms with Gasteiger partial charge in [-0.3, -0.25) is 0 Å². The number of hydrogen-bond donors (Lipinski definition) is 0. The molecule has 0 spiro atoms. The van der Waals surface area contributed by atoms with Crippen molar-refractivity contribution in [1.29, 1.82) is 5.26 Å². The molecule has 1 heterocycles. The Morgan fingerprint density at radius 1 is 1.23 bits per heavy atom. The van der Waals surface area contributed by atoms with Crippen LogP contribution in [0.5, 0.6) is 0 Å². The third-order valence-corrected chi connectivity index (χ3v) is 4.83. The average Bonchev–Trinajstić information content (AvgIpc) is 2.95. The molecule has 30 heavy (non-hydrogen) atoms. The predicted molar refractivity (Wildman–Crippen MR) is 97.5 cm³/mol. The van der Waals surface area contributed by atoms with Crippen LogP contribution < -0.4 is 0 Å². The van der Waals surface area contributed by atoms with Crippen LogP contribution in [0, 0.1) is 11.3 Å². The summed E-state index contributed by atoms with van der Waals surface area (Å²) in [7, 11) is 3.06. The fourth-order valence-electron chi connectivity index (χ4n) is 2.76. The average molecular weight is 470 g/mol. The topological polar surface area (TPSA) is 57.2 Å². The molecule has 2 aromatic rings. The number of aromatic nitrogens is 2. The van der Waals surface area contributed by atoms with Crippen LogP contribution in [-0.2, 0) is 11.8 Å². The van der Waals surface area contributed by atoms with Crippen molar-refractivity contribution in [1.82, 2.24) is 14.7 Å². The van der Waals surface area contributed by atoms with Crippen LogP contribution in [-0.4, -0.2) is 41.0 Å². The number of nitriles is 1. The van der Waals surface area contributed by atoms with E-state index in [-0.39, 0.29) is 5.69 Å². The maximum absolute atomic E-state index is 14.9. The summed E-state index contributed by atoms with van der Waals surface area (Å²) in [6, 6.07) is 2.61. The van der Waals surface area contributed by atoms with Crippen LogP contribution in [0.2, 0.25) is 10.0 Å². The summed E-state index contributed by atoms with van der Waals surface area (Å²) in [6.45, 7) is 0. The van der Waals surface area contributed by atoms with Crippen molar-refractivity contribution >= 4 is 35.4 Å². The van der Waals surface area contributed by atoms with Crippen LogP contribution >= 0.6 is 23.2 Å². The largest absolute Gasteiger partial charge is 0.416 e. The fraction of sp³-hybridized carbons (Fsp3) is 0.353. The molecule has 0 aliphatic heterocycles. The minimum absolute atomic E-state index is 0.368. The minimum Gasteiger partial charge on any atom is -0.369 e. The van der Waals surface area contributed by atoms with Gasteiger partial charge in [-0.2, -0.15) is 23.5 Å². The van der Waals surface area contributed by atoms with Gasteiger partial charge in [-0.1, -0.05) is 23.2 Å². The molecule has 0 N–H and O–H groups in total. The maximum atomic E-state index is 14.9. The molecule has 1 saturated carbocycles. The zero-order chi connectivity index (χ0) is 22.6. The number of halogens is 8. The number of alkyl halides is 6. The fourth-order valence-corrected chi connectivity index (χ4v) is 3.41. The van der Waals surface area contributed by atoms with E-state index in [1.54, 1.807) is 0 Å². The molecule has 0 saturated heterocycles. The highest BCUT2D eigenvalue weighted by molar-refractivity contribution is 6.38. The molecular weight excluding hydrogens is 459 g/mol. The van der Waals surface area contributed by atoms with Crippen molar-refractivity contribution in [2.24, 2.45) is 4.99 Å². The molecular formula is C17H11Cl2F6N5. The lowest BCUT2D eigenvalue weighted by Crippen LogP contribution is -2.12. The van der Waals surface area contributed by atoms with E-state index in [9.17, 15) is 31.6 Å². The van der Waals surface area contributed by atoms with Crippen LogP contribution in [0.1, 0.15) is 23.2 Å². The van der Waals surface area contributed by atoms with Crippen molar-refractivity contribution < 1.29 is 26.3 Å². The Kier molecular flexibility index (Phi) is 5.23. The molecule has 1 aromatic heterocycles. The second-order valence-electron chi connectivity index (χ2n) is 6.75. The van der Waals surface area contributed by atoms with E-state index in [0.717, 1.165) is 6.34 Å². The van der Waals surface area contributed by atoms with Gasteiger partial charge in [-0.05, 0) is 12.1 Å². The Balaban J connectivity index is 2.32. The monoisotopic (exact) mass is 469 g/mol. The second-order valence-corrected chi connectivity index (χ2v) is 7.56. The number of nitrogens with zero attached hydrogens (tertiary/aromatic N) is 5. The van der Waals surface area contributed by atoms with Crippen molar-refractivity contribution in [2.75, 3.05) is 14.1 Å². The van der Waals surface area contributed by atoms with Gasteiger partial charge >= 0.3 is 6.18 Å². The molecule has 1 atom stereocenters. The zero-order valence-electron chi connectivity index (χ0n) is 15.2. The molecule has 160 valence electrons. The summed E-state index contributed by atoms with van der Waals surface area (Å²) in [5.74, 6) is -4.30. The summed E-state index contributed by atoms with van der Waals surface area (Å²) in [6.07, 6.45) is -4.84. The maximum Gasteiger partial charge on any atom is 0.416 e. The number of hydrogen-bond acceptors (Lipinski definition) is 3. The van der Waals surface area contributed by atoms with E-state index >= 15 is 0 Å². The van der Waals surface area contributed by atoms with Gasteiger partial charge in [-0.25, -0.2) is 22.8 Å². The Morgan fingerprint density at radius 2 is 1.77 bits per heavy atom. The third-order valence-electron chi connectivity index (χ3n) is 4.25. The van der Waals surface area contributed by atoms with Crippen LogP contribution in [0.15, 0.2) is 17.1 Å². The van der Waals surface area contributed by atoms with Crippen molar-refractivity contribution in [2.45, 2.75) is 24.2 Å². The lowest BCUT2D eigenvalue weighted by Gasteiger charge is -2.14. The van der Waals surface area contributed by atoms with E-state index in [4.69, 9.17) is 23.2 Å². The van der Waals surface area contributed by atoms with Crippen LogP contribution in [0.25, 0.3) is 5.69 Å². The van der Waals surface area contributed by atoms with Gasteiger partial charge in [0.2, 0.25) is 5.67 Å². The summed E-state index contributed by atoms with van der Waals surface area (Å²) in [5.41, 5.74) is -6.25. The van der Waals surface area contributed by atoms with E-state index in [2.05, 4.69) is 10.1 Å². The van der Waals surface area contributed by atoms with E-state index < -0.39 is 56.9 Å². The molecule has 0 radical (unpaired) electrons. The van der Waals surface area contributed by atoms with Crippen molar-refractivity contribution in [3.8, 4) is 11.8 Å². The summed E-state index contributed by atoms with van der Waals surface area (Å²) >= 11 is 11.9. The molecule has 0 amide bonds. The summed E-state index contributed by atoms with van der Waals surface area (Å²) in [5, 5.41) is 12.0. The highest BCUT2D eigenvalue weighted by Gasteiger charge is 2.76. The standard InChI is InChI=1S/C17H11Cl2F6N5/c1-29(2)7-27-14-12(15(20)6-16(15,21)22)11(5-26)28-30(14)13-9(18)3-8(4-10(13)19)17(23,24)25/h3-4,7H,6H2,1-2H3. The summed E-state index contributed by atoms with van der Waals surface area (Å²) < 4.78 is 82.1. The lowest BCUT2D eigenvalue weighted by molar-refractivity contribution is -0.137. The molecule has 3 rings (SSSR count). The molecule has 5 nitrogen and oxygen atoms in total. The number of rotatable bonds is 4. The normalized spacial score (nSPS) is 20.4. The molecule has 1 aliphatic carbocycles. The first kappa shape index (κ1) is 22.2. The zero-order valence-corrected chi connectivity index (χ0v) is 16.7. The van der Waals surface area contributed by atoms with Gasteiger partial charge in [0.05, 0.1) is 33.9 Å². The second kappa shape index (κ2) is 7.06. The number of benzene rings is 1. The highest BCUT2D eigenvalue weighted by atomic mass is 35.5. The SMILES string of the molecule is CN(C)C=Nc1c(C2(F)CC2(F)F)c(C#N)nn1-c1c(Cl)cc(C(F)(F)F)cc1Cl. The van der Waals surface area contributed by atoms with Gasteiger partial charge in [0.1, 0.15) is 11.8 Å². The van der Waals surface area contributed by atoms with Crippen molar-refractivity contribution in [3.05, 3.63) is 39.0 Å². The van der Waals surface area contributed by atoms with Gasteiger partial charge in [0.25, 0.3) is 5.92 Å². The summed E-state index contributed by atoms with van der Waals surface area (Å²) in [4.78, 5) is 5.30. The van der Waals surface area contributed by atoms with Crippen LogP contribution in [0.3, 0.4) is 0 Å². The van der Waals surface area contributed by atoms with Gasteiger partial charge < -0.3 is 4.90 Å². The van der Waals surface area contributed by atoms with Gasteiger partial charge in [0.15, 0.2) is 11.5 Å². The molecule has 1 aliphatic rings. The van der Waals surface area contributed by atoms with Crippen molar-refractivity contribution in [3.63, 3.8) is 0 Å². The molecule has 1 unspecified atom stereocenters. The van der Waals surface area contributed by atoms with E-state index in [1.165, 1.54) is 25.1 Å². The first-order chi connectivity index (χ1) is 13.7. The van der Waals surface area contributed by atoms with Crippen LogP contribution in [0.4, 0.5) is 32.2 Å². The Bertz CT molecular complexity index is 1060. The predicted octanol–water partition coefficient (Wildman–Crippen LogP) is 5.49. The Labute approximate surface area is 176 Å². The molecule has 13 heteroatoms. The molecule has 1 aromatic carbocycles. The van der Waals surface area contributed by atoms with Gasteiger partial charge in [0, 0.05) is 14.1 Å². The molecule has 1 fully saturated rings. The minimum atomic E-state index is -4.76. The first-order valence-corrected chi connectivity index (χ1v) is 8.86. The van der Waals surface area contributed by atoms with E-state index in [0.29, 0.717) is 16.8 Å². The quantitative estimate of drug-likeness (QED) is 0.337. The van der Waals surface area contributed by atoms with E-state index in [1.807, 2.05) is 0 Å². The highest BCUT2D eigenvalue weighted by Crippen LogP contribution is 2.65. The number of aliphatic imine (C=N–C) groups is 1. The lowest BCUT2D eigenvalue weighted by atomic mass is 10.1. The third kappa shape index (κ3) is 3.58. The Hall–Kier alpha value is -2.45. The Morgan fingerprint density at radius 3 is 2.17 bits per heavy atom. The first-order valence-electron chi connectivity index (χ1n) is 8.10. The smallest absolute Gasteiger partial charge is 0.369 e. The molecule has 0 bridgehead atoms.